The van der Waals surface area contributed by atoms with Crippen LogP contribution in [0.5, 0.6) is 5.75 Å². The van der Waals surface area contributed by atoms with Crippen LogP contribution < -0.4 is 9.47 Å². The number of hydrogen-bond donors (Lipinski definition) is 0. The van der Waals surface area contributed by atoms with Gasteiger partial charge in [0.15, 0.2) is 12.0 Å². The second-order valence-electron chi connectivity index (χ2n) is 3.26. The van der Waals surface area contributed by atoms with Crippen molar-refractivity contribution in [3.8, 4) is 17.0 Å². The largest absolute Gasteiger partial charge is 0.618 e. The Morgan fingerprint density at radius 1 is 1.19 bits per heavy atom. The summed E-state index contributed by atoms with van der Waals surface area (Å²) < 4.78 is 19.0. The summed E-state index contributed by atoms with van der Waals surface area (Å²) in [6, 6.07) is 9.28. The lowest BCUT2D eigenvalue weighted by molar-refractivity contribution is -0.595. The smallest absolute Gasteiger partial charge is 0.259 e. The quantitative estimate of drug-likeness (QED) is 0.573. The van der Waals surface area contributed by atoms with Gasteiger partial charge in [-0.2, -0.15) is 9.12 Å². The van der Waals surface area contributed by atoms with Crippen molar-refractivity contribution in [2.24, 2.45) is 0 Å². The summed E-state index contributed by atoms with van der Waals surface area (Å²) >= 11 is 0. The van der Waals surface area contributed by atoms with Gasteiger partial charge in [-0.3, -0.25) is 0 Å². The van der Waals surface area contributed by atoms with E-state index in [2.05, 4.69) is 0 Å². The Morgan fingerprint density at radius 2 is 1.88 bits per heavy atom. The summed E-state index contributed by atoms with van der Waals surface area (Å²) in [6.45, 7) is 0. The lowest BCUT2D eigenvalue weighted by atomic mass is 10.1. The molecule has 0 spiro atoms. The summed E-state index contributed by atoms with van der Waals surface area (Å²) in [5.74, 6) is 0.125. The van der Waals surface area contributed by atoms with Gasteiger partial charge in [0.25, 0.3) is 5.69 Å². The molecule has 0 aliphatic rings. The van der Waals surface area contributed by atoms with Crippen LogP contribution in [-0.2, 0) is 0 Å². The van der Waals surface area contributed by atoms with Gasteiger partial charge in [0.1, 0.15) is 5.75 Å². The fourth-order valence-corrected chi connectivity index (χ4v) is 1.48. The summed E-state index contributed by atoms with van der Waals surface area (Å²) in [6.07, 6.45) is 1.27. The first kappa shape index (κ1) is 10.4. The van der Waals surface area contributed by atoms with E-state index < -0.39 is 5.82 Å². The molecule has 0 bridgehead atoms. The third-order valence-corrected chi connectivity index (χ3v) is 2.27. The number of ether oxygens (including phenoxy) is 1. The van der Waals surface area contributed by atoms with Crippen LogP contribution in [0.2, 0.25) is 0 Å². The molecule has 4 heteroatoms. The molecular weight excluding hydrogens is 209 g/mol. The van der Waals surface area contributed by atoms with Crippen molar-refractivity contribution in [1.82, 2.24) is 0 Å². The first-order valence-corrected chi connectivity index (χ1v) is 4.74. The average Bonchev–Trinajstić information content (AvgIpc) is 2.30. The molecule has 0 atom stereocenters. The molecule has 16 heavy (non-hydrogen) atoms. The Bertz CT molecular complexity index is 477. The highest BCUT2D eigenvalue weighted by atomic mass is 19.1. The van der Waals surface area contributed by atoms with E-state index in [4.69, 9.17) is 4.74 Å². The van der Waals surface area contributed by atoms with E-state index in [0.717, 1.165) is 0 Å². The summed E-state index contributed by atoms with van der Waals surface area (Å²) in [5, 5.41) is 11.4. The Morgan fingerprint density at radius 3 is 2.44 bits per heavy atom. The molecule has 82 valence electrons. The molecule has 1 aromatic heterocycles. The van der Waals surface area contributed by atoms with Gasteiger partial charge in [0.2, 0.25) is 0 Å². The maximum absolute atomic E-state index is 13.5. The highest BCUT2D eigenvalue weighted by Gasteiger charge is 2.14. The Hall–Kier alpha value is -2.10. The number of halogens is 1. The fraction of sp³-hybridized carbons (Fsp3) is 0.0833. The van der Waals surface area contributed by atoms with Crippen molar-refractivity contribution in [1.29, 1.82) is 0 Å². The predicted molar refractivity (Wildman–Crippen MR) is 57.3 cm³/mol. The van der Waals surface area contributed by atoms with E-state index in [9.17, 15) is 9.60 Å². The van der Waals surface area contributed by atoms with Crippen LogP contribution in [0, 0.1) is 11.0 Å². The maximum Gasteiger partial charge on any atom is 0.259 e. The van der Waals surface area contributed by atoms with E-state index >= 15 is 0 Å². The molecule has 0 radical (unpaired) electrons. The molecule has 1 heterocycles. The van der Waals surface area contributed by atoms with E-state index in [-0.39, 0.29) is 5.69 Å². The highest BCUT2D eigenvalue weighted by molar-refractivity contribution is 5.57. The van der Waals surface area contributed by atoms with E-state index in [1.165, 1.54) is 18.3 Å². The lowest BCUT2D eigenvalue weighted by Gasteiger charge is -2.05. The van der Waals surface area contributed by atoms with Gasteiger partial charge in [-0.05, 0) is 30.3 Å². The van der Waals surface area contributed by atoms with Gasteiger partial charge in [-0.25, -0.2) is 0 Å². The molecule has 0 fully saturated rings. The van der Waals surface area contributed by atoms with E-state index in [1.54, 1.807) is 31.4 Å². The molecule has 0 saturated carbocycles. The minimum atomic E-state index is -0.539. The van der Waals surface area contributed by atoms with Gasteiger partial charge in [0.05, 0.1) is 12.7 Å². The molecule has 0 N–H and O–H groups in total. The number of aromatic nitrogens is 1. The van der Waals surface area contributed by atoms with Crippen LogP contribution in [0.4, 0.5) is 4.39 Å². The van der Waals surface area contributed by atoms with Crippen molar-refractivity contribution in [3.63, 3.8) is 0 Å². The maximum atomic E-state index is 13.5. The van der Waals surface area contributed by atoms with Crippen LogP contribution in [0.15, 0.2) is 42.6 Å². The monoisotopic (exact) mass is 219 g/mol. The van der Waals surface area contributed by atoms with Crippen LogP contribution in [0.25, 0.3) is 11.3 Å². The predicted octanol–water partition coefficient (Wildman–Crippen LogP) is 2.13. The minimum Gasteiger partial charge on any atom is -0.618 e. The highest BCUT2D eigenvalue weighted by Crippen LogP contribution is 2.21. The summed E-state index contributed by atoms with van der Waals surface area (Å²) in [5.41, 5.74) is 0.541. The number of nitrogens with zero attached hydrogens (tertiary/aromatic N) is 1. The van der Waals surface area contributed by atoms with Gasteiger partial charge >= 0.3 is 0 Å². The van der Waals surface area contributed by atoms with Crippen LogP contribution in [0.3, 0.4) is 0 Å². The second kappa shape index (κ2) is 4.18. The van der Waals surface area contributed by atoms with Gasteiger partial charge in [-0.1, -0.05) is 0 Å². The zero-order chi connectivity index (χ0) is 11.5. The van der Waals surface area contributed by atoms with Crippen LogP contribution in [0.1, 0.15) is 0 Å². The zero-order valence-corrected chi connectivity index (χ0v) is 8.68. The number of methoxy groups -OCH3 is 1. The number of rotatable bonds is 2. The third-order valence-electron chi connectivity index (χ3n) is 2.27. The number of pyridine rings is 1. The molecule has 0 unspecified atom stereocenters. The first-order valence-electron chi connectivity index (χ1n) is 4.74. The topological polar surface area (TPSA) is 36.2 Å². The molecule has 0 aliphatic heterocycles. The normalized spacial score (nSPS) is 10.1. The summed E-state index contributed by atoms with van der Waals surface area (Å²) in [4.78, 5) is 0. The third kappa shape index (κ3) is 1.82. The van der Waals surface area contributed by atoms with Crippen molar-refractivity contribution < 1.29 is 13.9 Å². The molecule has 2 aromatic rings. The van der Waals surface area contributed by atoms with Crippen LogP contribution in [-0.4, -0.2) is 7.11 Å². The van der Waals surface area contributed by atoms with Gasteiger partial charge < -0.3 is 9.94 Å². The fourth-order valence-electron chi connectivity index (χ4n) is 1.48. The SMILES string of the molecule is COc1ccc(-c2c(F)ccc[n+]2[O-])cc1. The Labute approximate surface area is 92.3 Å². The molecule has 0 aliphatic carbocycles. The molecular formula is C12H10FNO2. The van der Waals surface area contributed by atoms with Crippen molar-refractivity contribution in [3.05, 3.63) is 53.6 Å². The summed E-state index contributed by atoms with van der Waals surface area (Å²) in [7, 11) is 1.55. The first-order chi connectivity index (χ1) is 7.72. The minimum absolute atomic E-state index is 0.0187. The van der Waals surface area contributed by atoms with Crippen LogP contribution >= 0.6 is 0 Å². The molecule has 0 saturated heterocycles. The standard InChI is InChI=1S/C12H10FNO2/c1-16-10-6-4-9(5-7-10)12-11(13)3-2-8-14(12)15/h2-8H,1H3. The van der Waals surface area contributed by atoms with Gasteiger partial charge in [-0.15, -0.1) is 0 Å². The van der Waals surface area contributed by atoms with Crippen molar-refractivity contribution in [2.75, 3.05) is 7.11 Å². The molecule has 2 rings (SSSR count). The van der Waals surface area contributed by atoms with Gasteiger partial charge in [0, 0.05) is 6.07 Å². The average molecular weight is 219 g/mol. The Balaban J connectivity index is 2.50. The van der Waals surface area contributed by atoms with Crippen molar-refractivity contribution in [2.45, 2.75) is 0 Å². The number of benzene rings is 1. The Kier molecular flexibility index (Phi) is 2.72. The van der Waals surface area contributed by atoms with E-state index in [1.807, 2.05) is 0 Å². The molecule has 0 amide bonds. The zero-order valence-electron chi connectivity index (χ0n) is 8.68. The second-order valence-corrected chi connectivity index (χ2v) is 3.26. The van der Waals surface area contributed by atoms with E-state index in [0.29, 0.717) is 16.0 Å². The van der Waals surface area contributed by atoms with Crippen molar-refractivity contribution >= 4 is 0 Å². The number of hydrogen-bond acceptors (Lipinski definition) is 2. The molecule has 3 nitrogen and oxygen atoms in total. The lowest BCUT2D eigenvalue weighted by Crippen LogP contribution is -2.29. The molecule has 1 aromatic carbocycles.